The van der Waals surface area contributed by atoms with Gasteiger partial charge in [0.2, 0.25) is 0 Å². The Labute approximate surface area is 229 Å². The van der Waals surface area contributed by atoms with Crippen molar-refractivity contribution in [3.8, 4) is 6.07 Å². The number of hydrogen-bond acceptors (Lipinski definition) is 6. The number of esters is 1. The average molecular weight is 529 g/mol. The number of para-hydroxylation sites is 1. The molecule has 0 aliphatic heterocycles. The van der Waals surface area contributed by atoms with E-state index in [2.05, 4.69) is 27.8 Å². The van der Waals surface area contributed by atoms with Gasteiger partial charge in [-0.1, -0.05) is 30.3 Å². The lowest BCUT2D eigenvalue weighted by molar-refractivity contribution is 0.0501. The molecule has 0 fully saturated rings. The van der Waals surface area contributed by atoms with Crippen molar-refractivity contribution in [2.45, 2.75) is 70.6 Å². The number of aromatic amines is 1. The molecule has 1 aliphatic carbocycles. The van der Waals surface area contributed by atoms with Crippen LogP contribution >= 0.6 is 0 Å². The van der Waals surface area contributed by atoms with E-state index in [0.29, 0.717) is 17.7 Å². The van der Waals surface area contributed by atoms with E-state index >= 15 is 0 Å². The van der Waals surface area contributed by atoms with Crippen LogP contribution in [0.15, 0.2) is 54.7 Å². The number of allylic oxidation sites excluding steroid dienone is 2. The predicted molar refractivity (Wildman–Crippen MR) is 152 cm³/mol. The second-order valence-corrected chi connectivity index (χ2v) is 10.8. The molecule has 0 radical (unpaired) electrons. The molecule has 3 aromatic rings. The van der Waals surface area contributed by atoms with Gasteiger partial charge in [-0.05, 0) is 87.8 Å². The van der Waals surface area contributed by atoms with E-state index in [0.717, 1.165) is 41.3 Å². The van der Waals surface area contributed by atoms with E-state index in [1.165, 1.54) is 19.1 Å². The first-order chi connectivity index (χ1) is 18.7. The number of anilines is 1. The molecule has 1 aromatic heterocycles. The SMILES string of the molecule is COC(=O)c1cc(C2=CCCCC2)ccc1N[C@@H](C#N)[C@H](Cc1c[nH]c2ccccc12)NC(=O)OC(C)(C)C. The summed E-state index contributed by atoms with van der Waals surface area (Å²) < 4.78 is 10.6. The first-order valence-electron chi connectivity index (χ1n) is 13.3. The molecular formula is C31H36N4O4. The summed E-state index contributed by atoms with van der Waals surface area (Å²) in [6.45, 7) is 5.35. The van der Waals surface area contributed by atoms with Crippen molar-refractivity contribution in [1.29, 1.82) is 5.26 Å². The fraction of sp³-hybridized carbons (Fsp3) is 0.387. The number of carbonyl (C=O) groups is 2. The number of fused-ring (bicyclic) bond motifs is 1. The molecule has 1 heterocycles. The van der Waals surface area contributed by atoms with E-state index in [1.807, 2.05) is 42.6 Å². The zero-order valence-corrected chi connectivity index (χ0v) is 23.0. The molecule has 2 atom stereocenters. The minimum atomic E-state index is -0.880. The molecule has 3 N–H and O–H groups in total. The summed E-state index contributed by atoms with van der Waals surface area (Å²) in [6.07, 6.45) is 8.09. The van der Waals surface area contributed by atoms with Crippen molar-refractivity contribution >= 4 is 34.2 Å². The van der Waals surface area contributed by atoms with Crippen molar-refractivity contribution in [2.75, 3.05) is 12.4 Å². The van der Waals surface area contributed by atoms with Crippen LogP contribution in [0.5, 0.6) is 0 Å². The highest BCUT2D eigenvalue weighted by molar-refractivity contribution is 5.97. The van der Waals surface area contributed by atoms with Crippen LogP contribution < -0.4 is 10.6 Å². The summed E-state index contributed by atoms with van der Waals surface area (Å²) in [5.74, 6) is -0.499. The number of rotatable bonds is 8. The molecule has 1 amide bonds. The summed E-state index contributed by atoms with van der Waals surface area (Å²) in [4.78, 5) is 28.9. The first kappa shape index (κ1) is 27.8. The third kappa shape index (κ3) is 6.99. The summed E-state index contributed by atoms with van der Waals surface area (Å²) in [6, 6.07) is 14.2. The van der Waals surface area contributed by atoms with E-state index < -0.39 is 29.7 Å². The Hall–Kier alpha value is -4.25. The molecule has 0 bridgehead atoms. The molecule has 204 valence electrons. The van der Waals surface area contributed by atoms with Crippen LogP contribution in [0.25, 0.3) is 16.5 Å². The Kier molecular flexibility index (Phi) is 8.60. The number of aromatic nitrogens is 1. The number of nitrogens with zero attached hydrogens (tertiary/aromatic N) is 1. The van der Waals surface area contributed by atoms with Crippen molar-refractivity contribution in [2.24, 2.45) is 0 Å². The molecule has 1 aliphatic rings. The lowest BCUT2D eigenvalue weighted by Crippen LogP contribution is -2.49. The normalized spacial score (nSPS) is 15.0. The summed E-state index contributed by atoms with van der Waals surface area (Å²) >= 11 is 0. The van der Waals surface area contributed by atoms with Gasteiger partial charge >= 0.3 is 12.1 Å². The lowest BCUT2D eigenvalue weighted by atomic mass is 9.92. The molecule has 0 unspecified atom stereocenters. The third-order valence-electron chi connectivity index (χ3n) is 6.76. The van der Waals surface area contributed by atoms with E-state index in [-0.39, 0.29) is 0 Å². The maximum atomic E-state index is 12.8. The van der Waals surface area contributed by atoms with Crippen molar-refractivity contribution in [3.05, 3.63) is 71.4 Å². The standard InChI is InChI=1S/C31H36N4O4/c1-31(2,3)39-30(37)35-27(17-22-19-33-25-13-9-8-12-23(22)25)28(18-32)34-26-15-14-21(16-24(26)29(36)38-4)20-10-6-5-7-11-20/h8-10,12-16,19,27-28,33-34H,5-7,11,17H2,1-4H3,(H,35,37)/t27-,28-/m0/s1. The van der Waals surface area contributed by atoms with Gasteiger partial charge in [-0.3, -0.25) is 0 Å². The van der Waals surface area contributed by atoms with Crippen LogP contribution in [0.1, 0.15) is 67.9 Å². The fourth-order valence-corrected chi connectivity index (χ4v) is 4.89. The third-order valence-corrected chi connectivity index (χ3v) is 6.76. The monoisotopic (exact) mass is 528 g/mol. The number of nitrogens with one attached hydrogen (secondary N) is 3. The Morgan fingerprint density at radius 3 is 2.64 bits per heavy atom. The number of benzene rings is 2. The van der Waals surface area contributed by atoms with Crippen LogP contribution in [0.2, 0.25) is 0 Å². The minimum absolute atomic E-state index is 0.338. The molecule has 0 spiro atoms. The van der Waals surface area contributed by atoms with Gasteiger partial charge in [-0.15, -0.1) is 0 Å². The van der Waals surface area contributed by atoms with Crippen LogP contribution in [0.3, 0.4) is 0 Å². The van der Waals surface area contributed by atoms with Crippen molar-refractivity contribution in [3.63, 3.8) is 0 Å². The number of amides is 1. The van der Waals surface area contributed by atoms with Gasteiger partial charge in [-0.25, -0.2) is 9.59 Å². The quantitative estimate of drug-likeness (QED) is 0.293. The highest BCUT2D eigenvalue weighted by Gasteiger charge is 2.28. The second-order valence-electron chi connectivity index (χ2n) is 10.8. The Balaban J connectivity index is 1.66. The largest absolute Gasteiger partial charge is 0.465 e. The van der Waals surface area contributed by atoms with Gasteiger partial charge in [-0.2, -0.15) is 5.26 Å². The second kappa shape index (κ2) is 12.1. The number of carbonyl (C=O) groups excluding carboxylic acids is 2. The highest BCUT2D eigenvalue weighted by Crippen LogP contribution is 2.30. The van der Waals surface area contributed by atoms with Gasteiger partial charge in [0.1, 0.15) is 11.6 Å². The summed E-state index contributed by atoms with van der Waals surface area (Å²) in [5, 5.41) is 17.4. The van der Waals surface area contributed by atoms with Gasteiger partial charge < -0.3 is 25.1 Å². The summed E-state index contributed by atoms with van der Waals surface area (Å²) in [7, 11) is 1.34. The zero-order chi connectivity index (χ0) is 28.0. The van der Waals surface area contributed by atoms with Crippen LogP contribution in [-0.4, -0.2) is 41.8 Å². The Bertz CT molecular complexity index is 1410. The molecule has 0 saturated heterocycles. The van der Waals surface area contributed by atoms with Crippen LogP contribution in [0.4, 0.5) is 10.5 Å². The average Bonchev–Trinajstić information content (AvgIpc) is 3.33. The molecule has 8 heteroatoms. The number of ether oxygens (including phenoxy) is 2. The molecule has 39 heavy (non-hydrogen) atoms. The highest BCUT2D eigenvalue weighted by atomic mass is 16.6. The first-order valence-corrected chi connectivity index (χ1v) is 13.3. The van der Waals surface area contributed by atoms with Gasteiger partial charge in [0.15, 0.2) is 0 Å². The maximum Gasteiger partial charge on any atom is 0.407 e. The smallest absolute Gasteiger partial charge is 0.407 e. The van der Waals surface area contributed by atoms with Gasteiger partial charge in [0.05, 0.1) is 24.8 Å². The van der Waals surface area contributed by atoms with E-state index in [1.54, 1.807) is 26.8 Å². The van der Waals surface area contributed by atoms with Crippen LogP contribution in [-0.2, 0) is 15.9 Å². The van der Waals surface area contributed by atoms with Gasteiger partial charge in [0.25, 0.3) is 0 Å². The Morgan fingerprint density at radius 2 is 1.95 bits per heavy atom. The summed E-state index contributed by atoms with van der Waals surface area (Å²) in [5.41, 5.74) is 4.18. The number of hydrogen-bond donors (Lipinski definition) is 3. The van der Waals surface area contributed by atoms with E-state index in [9.17, 15) is 14.9 Å². The van der Waals surface area contributed by atoms with Gasteiger partial charge in [0, 0.05) is 22.8 Å². The molecule has 2 aromatic carbocycles. The number of H-pyrrole nitrogens is 1. The topological polar surface area (TPSA) is 116 Å². The Morgan fingerprint density at radius 1 is 1.15 bits per heavy atom. The number of alkyl carbamates (subject to hydrolysis) is 1. The maximum absolute atomic E-state index is 12.8. The zero-order valence-electron chi connectivity index (χ0n) is 23.0. The lowest BCUT2D eigenvalue weighted by Gasteiger charge is -2.27. The molecular weight excluding hydrogens is 492 g/mol. The van der Waals surface area contributed by atoms with Crippen molar-refractivity contribution in [1.82, 2.24) is 10.3 Å². The molecule has 4 rings (SSSR count). The minimum Gasteiger partial charge on any atom is -0.465 e. The molecule has 0 saturated carbocycles. The van der Waals surface area contributed by atoms with Crippen molar-refractivity contribution < 1.29 is 19.1 Å². The fourth-order valence-electron chi connectivity index (χ4n) is 4.89. The van der Waals surface area contributed by atoms with E-state index in [4.69, 9.17) is 9.47 Å². The van der Waals surface area contributed by atoms with Crippen LogP contribution in [0, 0.1) is 11.3 Å². The predicted octanol–water partition coefficient (Wildman–Crippen LogP) is 6.35. The molecule has 8 nitrogen and oxygen atoms in total. The number of nitriles is 1. The number of methoxy groups -OCH3 is 1.